The summed E-state index contributed by atoms with van der Waals surface area (Å²) in [5.74, 6) is 1.02. The smallest absolute Gasteiger partial charge is 0.204 e. The summed E-state index contributed by atoms with van der Waals surface area (Å²) in [6, 6.07) is 20.1. The van der Waals surface area contributed by atoms with Crippen LogP contribution in [-0.2, 0) is 6.42 Å². The van der Waals surface area contributed by atoms with Gasteiger partial charge in [-0.2, -0.15) is 0 Å². The van der Waals surface area contributed by atoms with Gasteiger partial charge in [-0.3, -0.25) is 0 Å². The molecular formula is C23H30N4. The highest BCUT2D eigenvalue weighted by Gasteiger charge is 2.28. The van der Waals surface area contributed by atoms with Crippen molar-refractivity contribution in [2.24, 2.45) is 0 Å². The fourth-order valence-corrected chi connectivity index (χ4v) is 4.25. The molecular weight excluding hydrogens is 332 g/mol. The van der Waals surface area contributed by atoms with Gasteiger partial charge in [0.05, 0.1) is 11.0 Å². The van der Waals surface area contributed by atoms with Gasteiger partial charge < -0.3 is 14.8 Å². The molecule has 0 amide bonds. The Hall–Kier alpha value is -2.33. The number of fused-ring (bicyclic) bond motifs is 1. The van der Waals surface area contributed by atoms with E-state index in [1.807, 2.05) is 0 Å². The summed E-state index contributed by atoms with van der Waals surface area (Å²) in [5, 5.41) is 0. The van der Waals surface area contributed by atoms with Crippen LogP contribution < -0.4 is 4.90 Å². The lowest BCUT2D eigenvalue weighted by atomic mass is 10.0. The minimum absolute atomic E-state index is 0.437. The monoisotopic (exact) mass is 362 g/mol. The summed E-state index contributed by atoms with van der Waals surface area (Å²) in [5.41, 5.74) is 3.61. The van der Waals surface area contributed by atoms with Gasteiger partial charge in [0, 0.05) is 31.7 Å². The van der Waals surface area contributed by atoms with E-state index in [-0.39, 0.29) is 0 Å². The average Bonchev–Trinajstić information content (AvgIpc) is 3.11. The summed E-state index contributed by atoms with van der Waals surface area (Å²) in [4.78, 5) is 13.5. The van der Waals surface area contributed by atoms with Crippen LogP contribution in [-0.4, -0.2) is 46.6 Å². The molecule has 1 aromatic heterocycles. The van der Waals surface area contributed by atoms with E-state index in [9.17, 15) is 0 Å². The quantitative estimate of drug-likeness (QED) is 0.702. The zero-order chi connectivity index (χ0) is 18.6. The molecule has 0 unspecified atom stereocenters. The van der Waals surface area contributed by atoms with Crippen molar-refractivity contribution in [1.82, 2.24) is 14.9 Å². The second-order valence-corrected chi connectivity index (χ2v) is 7.89. The zero-order valence-electron chi connectivity index (χ0n) is 16.4. The number of para-hydroxylation sites is 2. The molecule has 4 rings (SSSR count). The number of aromatic amines is 1. The van der Waals surface area contributed by atoms with Crippen LogP contribution in [0.25, 0.3) is 11.0 Å². The SMILES string of the molecule is CC(C)N(c1nc2ccccc2[nH]1)C1CCN(CCc2ccccc2)CC1. The van der Waals surface area contributed by atoms with Gasteiger partial charge in [-0.25, -0.2) is 4.98 Å². The third-order valence-corrected chi connectivity index (χ3v) is 5.69. The number of benzene rings is 2. The van der Waals surface area contributed by atoms with Gasteiger partial charge in [0.2, 0.25) is 5.95 Å². The molecule has 4 heteroatoms. The molecule has 0 saturated carbocycles. The van der Waals surface area contributed by atoms with Crippen LogP contribution in [0.2, 0.25) is 0 Å². The Morgan fingerprint density at radius 1 is 1.04 bits per heavy atom. The number of hydrogen-bond acceptors (Lipinski definition) is 3. The molecule has 142 valence electrons. The molecule has 0 spiro atoms. The maximum atomic E-state index is 4.86. The number of piperidine rings is 1. The number of anilines is 1. The maximum absolute atomic E-state index is 4.86. The molecule has 0 aliphatic carbocycles. The standard InChI is InChI=1S/C23H30N4/c1-18(2)27(23-24-21-10-6-7-11-22(21)25-23)20-13-16-26(17-14-20)15-12-19-8-4-3-5-9-19/h3-11,18,20H,12-17H2,1-2H3,(H,24,25). The van der Waals surface area contributed by atoms with E-state index in [1.165, 1.54) is 31.5 Å². The van der Waals surface area contributed by atoms with Gasteiger partial charge in [0.1, 0.15) is 0 Å². The highest BCUT2D eigenvalue weighted by Crippen LogP contribution is 2.26. The summed E-state index contributed by atoms with van der Waals surface area (Å²) in [6.45, 7) is 8.04. The molecule has 1 aliphatic heterocycles. The lowest BCUT2D eigenvalue weighted by molar-refractivity contribution is 0.207. The van der Waals surface area contributed by atoms with Gasteiger partial charge >= 0.3 is 0 Å². The molecule has 2 aromatic carbocycles. The van der Waals surface area contributed by atoms with Crippen LogP contribution in [0, 0.1) is 0 Å². The molecule has 1 fully saturated rings. The number of nitrogens with zero attached hydrogens (tertiary/aromatic N) is 3. The van der Waals surface area contributed by atoms with Crippen molar-refractivity contribution in [3.63, 3.8) is 0 Å². The van der Waals surface area contributed by atoms with Crippen molar-refractivity contribution < 1.29 is 0 Å². The Morgan fingerprint density at radius 2 is 1.74 bits per heavy atom. The molecule has 0 atom stereocenters. The third-order valence-electron chi connectivity index (χ3n) is 5.69. The number of hydrogen-bond donors (Lipinski definition) is 1. The summed E-state index contributed by atoms with van der Waals surface area (Å²) >= 11 is 0. The van der Waals surface area contributed by atoms with Crippen LogP contribution in [0.3, 0.4) is 0 Å². The van der Waals surface area contributed by atoms with Crippen LogP contribution in [0.15, 0.2) is 54.6 Å². The second-order valence-electron chi connectivity index (χ2n) is 7.89. The van der Waals surface area contributed by atoms with E-state index < -0.39 is 0 Å². The summed E-state index contributed by atoms with van der Waals surface area (Å²) in [7, 11) is 0. The molecule has 1 N–H and O–H groups in total. The first-order valence-corrected chi connectivity index (χ1v) is 10.2. The predicted molar refractivity (Wildman–Crippen MR) is 113 cm³/mol. The van der Waals surface area contributed by atoms with Crippen molar-refractivity contribution in [2.45, 2.75) is 45.2 Å². The van der Waals surface area contributed by atoms with Gasteiger partial charge in [-0.1, -0.05) is 42.5 Å². The third kappa shape index (κ3) is 4.16. The Labute approximate surface area is 162 Å². The van der Waals surface area contributed by atoms with Crippen molar-refractivity contribution in [2.75, 3.05) is 24.5 Å². The summed E-state index contributed by atoms with van der Waals surface area (Å²) < 4.78 is 0. The largest absolute Gasteiger partial charge is 0.337 e. The van der Waals surface area contributed by atoms with E-state index in [0.29, 0.717) is 12.1 Å². The molecule has 3 aromatic rings. The van der Waals surface area contributed by atoms with Crippen molar-refractivity contribution in [3.05, 3.63) is 60.2 Å². The molecule has 4 nitrogen and oxygen atoms in total. The van der Waals surface area contributed by atoms with Crippen LogP contribution in [0.5, 0.6) is 0 Å². The first kappa shape index (κ1) is 18.1. The predicted octanol–water partition coefficient (Wildman–Crippen LogP) is 4.48. The highest BCUT2D eigenvalue weighted by molar-refractivity contribution is 5.77. The molecule has 1 saturated heterocycles. The topological polar surface area (TPSA) is 35.2 Å². The minimum atomic E-state index is 0.437. The average molecular weight is 363 g/mol. The van der Waals surface area contributed by atoms with Crippen LogP contribution in [0.1, 0.15) is 32.3 Å². The van der Waals surface area contributed by atoms with Crippen LogP contribution >= 0.6 is 0 Å². The molecule has 0 radical (unpaired) electrons. The van der Waals surface area contributed by atoms with E-state index in [4.69, 9.17) is 4.98 Å². The fraction of sp³-hybridized carbons (Fsp3) is 0.435. The normalized spacial score (nSPS) is 16.3. The van der Waals surface area contributed by atoms with Crippen molar-refractivity contribution >= 4 is 17.0 Å². The van der Waals surface area contributed by atoms with E-state index >= 15 is 0 Å². The fourth-order valence-electron chi connectivity index (χ4n) is 4.25. The second kappa shape index (κ2) is 8.13. The maximum Gasteiger partial charge on any atom is 0.204 e. The van der Waals surface area contributed by atoms with Crippen molar-refractivity contribution in [3.8, 4) is 0 Å². The Kier molecular flexibility index (Phi) is 5.44. The number of imidazole rings is 1. The number of aromatic nitrogens is 2. The van der Waals surface area contributed by atoms with Gasteiger partial charge in [-0.05, 0) is 50.8 Å². The molecule has 2 heterocycles. The molecule has 0 bridgehead atoms. The van der Waals surface area contributed by atoms with Gasteiger partial charge in [-0.15, -0.1) is 0 Å². The lowest BCUT2D eigenvalue weighted by Gasteiger charge is -2.40. The highest BCUT2D eigenvalue weighted by atomic mass is 15.3. The lowest BCUT2D eigenvalue weighted by Crippen LogP contribution is -2.48. The first-order chi connectivity index (χ1) is 13.2. The van der Waals surface area contributed by atoms with Gasteiger partial charge in [0.15, 0.2) is 0 Å². The number of nitrogens with one attached hydrogen (secondary N) is 1. The van der Waals surface area contributed by atoms with E-state index in [0.717, 1.165) is 29.9 Å². The Bertz CT molecular complexity index is 814. The Morgan fingerprint density at radius 3 is 2.44 bits per heavy atom. The first-order valence-electron chi connectivity index (χ1n) is 10.2. The molecule has 1 aliphatic rings. The number of H-pyrrole nitrogens is 1. The summed E-state index contributed by atoms with van der Waals surface area (Å²) in [6.07, 6.45) is 3.54. The zero-order valence-corrected chi connectivity index (χ0v) is 16.4. The Balaban J connectivity index is 1.39. The minimum Gasteiger partial charge on any atom is -0.337 e. The van der Waals surface area contributed by atoms with E-state index in [1.54, 1.807) is 0 Å². The van der Waals surface area contributed by atoms with Gasteiger partial charge in [0.25, 0.3) is 0 Å². The number of likely N-dealkylation sites (tertiary alicyclic amines) is 1. The number of rotatable bonds is 6. The van der Waals surface area contributed by atoms with Crippen LogP contribution in [0.4, 0.5) is 5.95 Å². The molecule has 27 heavy (non-hydrogen) atoms. The van der Waals surface area contributed by atoms with Crippen molar-refractivity contribution in [1.29, 1.82) is 0 Å². The van der Waals surface area contributed by atoms with E-state index in [2.05, 4.69) is 83.2 Å².